The van der Waals surface area contributed by atoms with Crippen molar-refractivity contribution in [3.8, 4) is 0 Å². The first-order valence-corrected chi connectivity index (χ1v) is 6.73. The van der Waals surface area contributed by atoms with E-state index in [2.05, 4.69) is 37.8 Å². The molecule has 2 atom stereocenters. The van der Waals surface area contributed by atoms with E-state index in [1.54, 1.807) is 0 Å². The number of nitrogen functional groups attached to an aromatic ring is 1. The van der Waals surface area contributed by atoms with Gasteiger partial charge in [-0.3, -0.25) is 0 Å². The predicted molar refractivity (Wildman–Crippen MR) is 75.4 cm³/mol. The Balaban J connectivity index is 2.26. The number of aryl methyl sites for hydroxylation is 1. The zero-order valence-electron chi connectivity index (χ0n) is 11.2. The molecule has 1 saturated heterocycles. The van der Waals surface area contributed by atoms with Gasteiger partial charge in [0.2, 0.25) is 0 Å². The summed E-state index contributed by atoms with van der Waals surface area (Å²) < 4.78 is 0. The molecule has 0 bridgehead atoms. The molecule has 0 aromatic heterocycles. The Bertz CT molecular complexity index is 377. The highest BCUT2D eigenvalue weighted by Gasteiger charge is 2.23. The van der Waals surface area contributed by atoms with Crippen molar-refractivity contribution >= 4 is 11.4 Å². The summed E-state index contributed by atoms with van der Waals surface area (Å²) in [6.45, 7) is 9.27. The summed E-state index contributed by atoms with van der Waals surface area (Å²) >= 11 is 0. The highest BCUT2D eigenvalue weighted by atomic mass is 15.1. The molecular formula is C15H24N2. The summed E-state index contributed by atoms with van der Waals surface area (Å²) in [6.07, 6.45) is 2.41. The van der Waals surface area contributed by atoms with E-state index in [4.69, 9.17) is 5.73 Å². The molecule has 0 aliphatic carbocycles. The molecule has 0 radical (unpaired) electrons. The van der Waals surface area contributed by atoms with Gasteiger partial charge < -0.3 is 10.6 Å². The van der Waals surface area contributed by atoms with Crippen LogP contribution in [-0.4, -0.2) is 13.1 Å². The molecule has 1 aliphatic heterocycles. The van der Waals surface area contributed by atoms with Gasteiger partial charge in [0.25, 0.3) is 0 Å². The molecule has 2 N–H and O–H groups in total. The summed E-state index contributed by atoms with van der Waals surface area (Å²) in [6, 6.07) is 6.34. The number of piperidine rings is 1. The molecule has 17 heavy (non-hydrogen) atoms. The Morgan fingerprint density at radius 2 is 1.88 bits per heavy atom. The van der Waals surface area contributed by atoms with Crippen molar-refractivity contribution < 1.29 is 0 Å². The van der Waals surface area contributed by atoms with Gasteiger partial charge in [-0.15, -0.1) is 0 Å². The topological polar surface area (TPSA) is 29.3 Å². The molecule has 0 spiro atoms. The highest BCUT2D eigenvalue weighted by molar-refractivity contribution is 5.60. The number of nitrogens with two attached hydrogens (primary N) is 1. The third-order valence-electron chi connectivity index (χ3n) is 3.69. The molecule has 1 heterocycles. The van der Waals surface area contributed by atoms with E-state index in [1.807, 2.05) is 6.07 Å². The predicted octanol–water partition coefficient (Wildman–Crippen LogP) is 3.31. The lowest BCUT2D eigenvalue weighted by atomic mass is 9.91. The van der Waals surface area contributed by atoms with E-state index in [9.17, 15) is 0 Å². The van der Waals surface area contributed by atoms with Gasteiger partial charge in [-0.2, -0.15) is 0 Å². The number of hydrogen-bond acceptors (Lipinski definition) is 2. The molecule has 1 aromatic rings. The second kappa shape index (κ2) is 4.99. The SMILES string of the molecule is CCc1cc(N)ccc1N1C[C@@H](C)C[C@H](C)C1. The summed E-state index contributed by atoms with van der Waals surface area (Å²) in [5.41, 5.74) is 9.52. The molecule has 1 aliphatic rings. The number of rotatable bonds is 2. The molecule has 2 heteroatoms. The second-order valence-corrected chi connectivity index (χ2v) is 5.59. The van der Waals surface area contributed by atoms with Crippen molar-refractivity contribution in [2.45, 2.75) is 33.6 Å². The lowest BCUT2D eigenvalue weighted by Gasteiger charge is -2.37. The summed E-state index contributed by atoms with van der Waals surface area (Å²) in [4.78, 5) is 2.54. The largest absolute Gasteiger partial charge is 0.399 e. The lowest BCUT2D eigenvalue weighted by molar-refractivity contribution is 0.356. The highest BCUT2D eigenvalue weighted by Crippen LogP contribution is 2.30. The molecule has 0 saturated carbocycles. The third-order valence-corrected chi connectivity index (χ3v) is 3.69. The van der Waals surface area contributed by atoms with Crippen LogP contribution >= 0.6 is 0 Å². The molecule has 0 amide bonds. The zero-order chi connectivity index (χ0) is 12.4. The van der Waals surface area contributed by atoms with E-state index in [1.165, 1.54) is 30.8 Å². The van der Waals surface area contributed by atoms with Crippen LogP contribution in [0.2, 0.25) is 0 Å². The normalized spacial score (nSPS) is 25.0. The Morgan fingerprint density at radius 1 is 1.24 bits per heavy atom. The van der Waals surface area contributed by atoms with Crippen molar-refractivity contribution in [2.75, 3.05) is 23.7 Å². The number of benzene rings is 1. The molecular weight excluding hydrogens is 208 g/mol. The van der Waals surface area contributed by atoms with Gasteiger partial charge >= 0.3 is 0 Å². The van der Waals surface area contributed by atoms with Crippen molar-refractivity contribution in [1.82, 2.24) is 0 Å². The van der Waals surface area contributed by atoms with Gasteiger partial charge in [-0.25, -0.2) is 0 Å². The van der Waals surface area contributed by atoms with E-state index in [0.717, 1.165) is 23.9 Å². The first-order chi connectivity index (χ1) is 8.10. The van der Waals surface area contributed by atoms with Crippen LogP contribution in [0.1, 0.15) is 32.8 Å². The maximum absolute atomic E-state index is 5.87. The zero-order valence-corrected chi connectivity index (χ0v) is 11.2. The molecule has 0 unspecified atom stereocenters. The fourth-order valence-corrected chi connectivity index (χ4v) is 3.06. The average molecular weight is 232 g/mol. The lowest BCUT2D eigenvalue weighted by Crippen LogP contribution is -2.39. The van der Waals surface area contributed by atoms with Crippen LogP contribution < -0.4 is 10.6 Å². The number of nitrogens with zero attached hydrogens (tertiary/aromatic N) is 1. The second-order valence-electron chi connectivity index (χ2n) is 5.59. The Hall–Kier alpha value is -1.18. The fraction of sp³-hybridized carbons (Fsp3) is 0.600. The smallest absolute Gasteiger partial charge is 0.0400 e. The van der Waals surface area contributed by atoms with Gasteiger partial charge in [0.05, 0.1) is 0 Å². The maximum Gasteiger partial charge on any atom is 0.0400 e. The maximum atomic E-state index is 5.87. The molecule has 94 valence electrons. The van der Waals surface area contributed by atoms with Crippen LogP contribution in [0.15, 0.2) is 18.2 Å². The van der Waals surface area contributed by atoms with Gasteiger partial charge in [-0.1, -0.05) is 20.8 Å². The minimum atomic E-state index is 0.793. The Labute approximate surface area is 105 Å². The van der Waals surface area contributed by atoms with E-state index >= 15 is 0 Å². The fourth-order valence-electron chi connectivity index (χ4n) is 3.06. The summed E-state index contributed by atoms with van der Waals surface area (Å²) in [5, 5.41) is 0. The Morgan fingerprint density at radius 3 is 2.47 bits per heavy atom. The van der Waals surface area contributed by atoms with Crippen molar-refractivity contribution in [1.29, 1.82) is 0 Å². The van der Waals surface area contributed by atoms with Crippen molar-refractivity contribution in [3.05, 3.63) is 23.8 Å². The van der Waals surface area contributed by atoms with Crippen LogP contribution in [0.5, 0.6) is 0 Å². The monoisotopic (exact) mass is 232 g/mol. The summed E-state index contributed by atoms with van der Waals surface area (Å²) in [7, 11) is 0. The van der Waals surface area contributed by atoms with Crippen LogP contribution in [0.4, 0.5) is 11.4 Å². The van der Waals surface area contributed by atoms with E-state index < -0.39 is 0 Å². The van der Waals surface area contributed by atoms with Crippen LogP contribution in [-0.2, 0) is 6.42 Å². The quantitative estimate of drug-likeness (QED) is 0.793. The van der Waals surface area contributed by atoms with E-state index in [-0.39, 0.29) is 0 Å². The van der Waals surface area contributed by atoms with Crippen molar-refractivity contribution in [3.63, 3.8) is 0 Å². The van der Waals surface area contributed by atoms with Gasteiger partial charge in [0.1, 0.15) is 0 Å². The number of anilines is 2. The molecule has 1 fully saturated rings. The van der Waals surface area contributed by atoms with Gasteiger partial charge in [-0.05, 0) is 48.4 Å². The van der Waals surface area contributed by atoms with Crippen LogP contribution in [0, 0.1) is 11.8 Å². The van der Waals surface area contributed by atoms with Crippen molar-refractivity contribution in [2.24, 2.45) is 11.8 Å². The minimum absolute atomic E-state index is 0.793. The average Bonchev–Trinajstić information content (AvgIpc) is 2.27. The van der Waals surface area contributed by atoms with Gasteiger partial charge in [0.15, 0.2) is 0 Å². The first kappa shape index (κ1) is 12.3. The summed E-state index contributed by atoms with van der Waals surface area (Å²) in [5.74, 6) is 1.59. The molecule has 1 aromatic carbocycles. The first-order valence-electron chi connectivity index (χ1n) is 6.73. The number of hydrogen-bond donors (Lipinski definition) is 1. The third kappa shape index (κ3) is 2.74. The van der Waals surface area contributed by atoms with Crippen LogP contribution in [0.3, 0.4) is 0 Å². The Kier molecular flexibility index (Phi) is 3.60. The van der Waals surface area contributed by atoms with Gasteiger partial charge in [0, 0.05) is 24.5 Å². The minimum Gasteiger partial charge on any atom is -0.399 e. The molecule has 2 rings (SSSR count). The standard InChI is InChI=1S/C15H24N2/c1-4-13-8-14(16)5-6-15(13)17-9-11(2)7-12(3)10-17/h5-6,8,11-12H,4,7,9-10,16H2,1-3H3/t11-,12-/m0/s1. The molecule has 2 nitrogen and oxygen atoms in total. The van der Waals surface area contributed by atoms with Crippen LogP contribution in [0.25, 0.3) is 0 Å². The van der Waals surface area contributed by atoms with E-state index in [0.29, 0.717) is 0 Å².